The molecule has 3 N–H and O–H groups in total. The molecule has 0 saturated heterocycles. The summed E-state index contributed by atoms with van der Waals surface area (Å²) in [4.78, 5) is 37.9. The van der Waals surface area contributed by atoms with Gasteiger partial charge in [-0.3, -0.25) is 10.6 Å². The van der Waals surface area contributed by atoms with E-state index in [0.717, 1.165) is 35.1 Å². The van der Waals surface area contributed by atoms with Crippen molar-refractivity contribution in [2.45, 2.75) is 50.7 Å². The van der Waals surface area contributed by atoms with Crippen molar-refractivity contribution in [2.24, 2.45) is 0 Å². The van der Waals surface area contributed by atoms with Crippen LogP contribution in [0.1, 0.15) is 54.1 Å². The molecule has 2 heterocycles. The molecule has 2 unspecified atom stereocenters. The Morgan fingerprint density at radius 1 is 0.629 bits per heavy atom. The Morgan fingerprint density at radius 3 is 1.57 bits per heavy atom. The van der Waals surface area contributed by atoms with Gasteiger partial charge >= 0.3 is 24.1 Å². The number of carboxylic acid groups (broad SMARTS) is 1. The lowest BCUT2D eigenvalue weighted by Crippen LogP contribution is -2.31. The maximum absolute atomic E-state index is 14.0. The fourth-order valence-electron chi connectivity index (χ4n) is 7.62. The van der Waals surface area contributed by atoms with Crippen molar-refractivity contribution in [1.29, 1.82) is 0 Å². The summed E-state index contributed by atoms with van der Waals surface area (Å²) in [5.74, 6) is -5.65. The molecular weight excluding hydrogens is 923 g/mol. The Morgan fingerprint density at radius 2 is 1.07 bits per heavy atom. The maximum Gasteiger partial charge on any atom is 0.412 e. The molecule has 0 saturated carbocycles. The summed E-state index contributed by atoms with van der Waals surface area (Å²) in [7, 11) is -3.36. The number of benzene rings is 6. The molecule has 0 radical (unpaired) electrons. The van der Waals surface area contributed by atoms with E-state index in [1.807, 2.05) is 54.6 Å². The number of amides is 2. The van der Waals surface area contributed by atoms with E-state index in [9.17, 15) is 31.6 Å². The van der Waals surface area contributed by atoms with Crippen molar-refractivity contribution in [3.05, 3.63) is 180 Å². The molecular formula is C53H45F2N4O10S+. The van der Waals surface area contributed by atoms with Crippen LogP contribution in [0.2, 0.25) is 0 Å². The molecule has 0 bridgehead atoms. The fraction of sp³-hybridized carbons (Fsp3) is 0.151. The van der Waals surface area contributed by atoms with Crippen molar-refractivity contribution < 1.29 is 59.9 Å². The zero-order valence-electron chi connectivity index (χ0n) is 38.3. The molecule has 0 spiro atoms. The molecule has 0 aliphatic heterocycles. The number of aliphatic carboxylic acids is 1. The highest BCUT2D eigenvalue weighted by molar-refractivity contribution is 7.90. The zero-order valence-corrected chi connectivity index (χ0v) is 39.1. The van der Waals surface area contributed by atoms with E-state index < -0.39 is 51.7 Å². The lowest BCUT2D eigenvalue weighted by molar-refractivity contribution is -0.787. The van der Waals surface area contributed by atoms with Gasteiger partial charge in [0.1, 0.15) is 23.6 Å². The van der Waals surface area contributed by atoms with Crippen LogP contribution in [0.4, 0.5) is 29.7 Å². The summed E-state index contributed by atoms with van der Waals surface area (Å²) in [6.07, 6.45) is -1.59. The van der Waals surface area contributed by atoms with Crippen LogP contribution in [0.25, 0.3) is 50.6 Å². The van der Waals surface area contributed by atoms with Gasteiger partial charge in [-0.1, -0.05) is 120 Å². The highest BCUT2D eigenvalue weighted by Crippen LogP contribution is 2.36. The largest absolute Gasteiger partial charge is 0.477 e. The third kappa shape index (κ3) is 10.3. The first kappa shape index (κ1) is 48.0. The number of halogens is 2. The second kappa shape index (κ2) is 19.7. The average Bonchev–Trinajstić information content (AvgIpc) is 3.88. The van der Waals surface area contributed by atoms with Crippen LogP contribution in [-0.2, 0) is 30.0 Å². The molecule has 2 atom stereocenters. The standard InChI is InChI=1S/C53H44F2N4O10S/c1-31-46(48(68-58-31)41-15-11-37(12-16-41)39-19-25-43(26-20-39)53(54,55)50(60)61)56-51(62)67-34(4)36-21-27-44(28-22-36)59-32(2)47(57-52(63)66-33(3)35-9-7-6-8-10-35)49(69-59)42-17-13-38(14-18-42)40-23-29-45(30-24-40)70(5,64)65/h6-30,33-34H,1-5H3,(H2-,56,57,60,61,62,63)/p+1. The van der Waals surface area contributed by atoms with Gasteiger partial charge in [0.05, 0.1) is 4.90 Å². The molecule has 6 aromatic carbocycles. The van der Waals surface area contributed by atoms with Gasteiger partial charge in [-0.15, -0.1) is 0 Å². The number of rotatable bonds is 14. The molecule has 356 valence electrons. The van der Waals surface area contributed by atoms with Gasteiger partial charge in [-0.25, -0.2) is 27.3 Å². The number of carboxylic acids is 1. The summed E-state index contributed by atoms with van der Waals surface area (Å²) in [6.45, 7) is 6.93. The van der Waals surface area contributed by atoms with Crippen LogP contribution < -0.4 is 15.4 Å². The number of nitrogens with one attached hydrogen (secondary N) is 2. The Kier molecular flexibility index (Phi) is 13.5. The smallest absolute Gasteiger partial charge is 0.412 e. The maximum atomic E-state index is 14.0. The number of anilines is 2. The SMILES string of the molecule is Cc1noc(-c2ccc(-c3ccc(C(F)(F)C(=O)O)cc3)cc2)c1NC(=O)OC(C)c1ccc(-[n+]2oc(-c3ccc(-c4ccc(S(C)(=O)=O)cc4)cc3)c(NC(=O)OC(C)c3ccccc3)c2C)cc1. The number of hydrogen-bond donors (Lipinski definition) is 3. The summed E-state index contributed by atoms with van der Waals surface area (Å²) in [5, 5.41) is 18.5. The number of ether oxygens (including phenoxy) is 2. The van der Waals surface area contributed by atoms with E-state index in [2.05, 4.69) is 15.8 Å². The highest BCUT2D eigenvalue weighted by atomic mass is 32.2. The third-order valence-electron chi connectivity index (χ3n) is 11.6. The van der Waals surface area contributed by atoms with Gasteiger partial charge in [-0.2, -0.15) is 8.78 Å². The zero-order chi connectivity index (χ0) is 49.9. The van der Waals surface area contributed by atoms with Gasteiger partial charge in [0.2, 0.25) is 5.76 Å². The molecule has 8 rings (SSSR count). The molecule has 14 nitrogen and oxygen atoms in total. The summed E-state index contributed by atoms with van der Waals surface area (Å²) < 4.78 is 77.1. The van der Waals surface area contributed by atoms with Crippen molar-refractivity contribution in [2.75, 3.05) is 16.9 Å². The van der Waals surface area contributed by atoms with Gasteiger partial charge in [0.15, 0.2) is 21.3 Å². The average molecular weight is 968 g/mol. The fourth-order valence-corrected chi connectivity index (χ4v) is 8.25. The van der Waals surface area contributed by atoms with Crippen molar-refractivity contribution in [3.8, 4) is 50.6 Å². The number of carbonyl (C=O) groups is 3. The second-order valence-corrected chi connectivity index (χ2v) is 18.4. The number of aryl methyl sites for hydroxylation is 1. The minimum atomic E-state index is -4.02. The Bertz CT molecular complexity index is 3300. The second-order valence-electron chi connectivity index (χ2n) is 16.4. The molecule has 0 aliphatic carbocycles. The van der Waals surface area contributed by atoms with Crippen LogP contribution in [0.3, 0.4) is 0 Å². The minimum absolute atomic E-state index is 0.216. The number of sulfone groups is 1. The summed E-state index contributed by atoms with van der Waals surface area (Å²) >= 11 is 0. The van der Waals surface area contributed by atoms with E-state index in [1.54, 1.807) is 105 Å². The summed E-state index contributed by atoms with van der Waals surface area (Å²) in [6, 6.07) is 42.2. The van der Waals surface area contributed by atoms with Gasteiger partial charge in [0.25, 0.3) is 11.4 Å². The van der Waals surface area contributed by atoms with Crippen molar-refractivity contribution in [1.82, 2.24) is 5.16 Å². The predicted octanol–water partition coefficient (Wildman–Crippen LogP) is 12.0. The van der Waals surface area contributed by atoms with E-state index in [4.69, 9.17) is 23.6 Å². The lowest BCUT2D eigenvalue weighted by atomic mass is 10.00. The number of carbonyl (C=O) groups excluding carboxylic acids is 2. The first-order valence-electron chi connectivity index (χ1n) is 21.7. The minimum Gasteiger partial charge on any atom is -0.477 e. The number of alkyl halides is 2. The van der Waals surface area contributed by atoms with Crippen LogP contribution in [0.5, 0.6) is 0 Å². The number of nitrogens with zero attached hydrogens (tertiary/aromatic N) is 2. The van der Waals surface area contributed by atoms with Crippen molar-refractivity contribution >= 4 is 39.4 Å². The van der Waals surface area contributed by atoms with E-state index in [0.29, 0.717) is 56.3 Å². The molecule has 8 aromatic rings. The molecule has 2 amide bonds. The molecule has 17 heteroatoms. The first-order valence-corrected chi connectivity index (χ1v) is 23.6. The van der Waals surface area contributed by atoms with Crippen LogP contribution >= 0.6 is 0 Å². The molecule has 2 aromatic heterocycles. The first-order chi connectivity index (χ1) is 33.4. The Hall–Kier alpha value is -8.44. The van der Waals surface area contributed by atoms with Gasteiger partial charge in [0, 0.05) is 46.7 Å². The number of aromatic nitrogens is 2. The topological polar surface area (TPSA) is 191 Å². The van der Waals surface area contributed by atoms with Crippen molar-refractivity contribution in [3.63, 3.8) is 0 Å². The quantitative estimate of drug-likeness (QED) is 0.0879. The molecule has 70 heavy (non-hydrogen) atoms. The van der Waals surface area contributed by atoms with Gasteiger partial charge < -0.3 is 19.1 Å². The van der Waals surface area contributed by atoms with E-state index >= 15 is 0 Å². The Balaban J connectivity index is 0.979. The van der Waals surface area contributed by atoms with Crippen LogP contribution in [-0.4, -0.2) is 43.1 Å². The van der Waals surface area contributed by atoms with Crippen LogP contribution in [0, 0.1) is 13.8 Å². The third-order valence-corrected chi connectivity index (χ3v) is 12.7. The molecule has 0 aliphatic rings. The molecule has 0 fully saturated rings. The van der Waals surface area contributed by atoms with Gasteiger partial charge in [-0.05, 0) is 78.4 Å². The lowest BCUT2D eigenvalue weighted by Gasteiger charge is -2.14. The normalized spacial score (nSPS) is 12.4. The highest BCUT2D eigenvalue weighted by Gasteiger charge is 2.41. The summed E-state index contributed by atoms with van der Waals surface area (Å²) in [5.41, 5.74) is 7.07. The van der Waals surface area contributed by atoms with E-state index in [1.165, 1.54) is 12.1 Å². The van der Waals surface area contributed by atoms with E-state index in [-0.39, 0.29) is 16.3 Å². The monoisotopic (exact) mass is 967 g/mol. The predicted molar refractivity (Wildman–Crippen MR) is 256 cm³/mol. The Labute approximate surface area is 401 Å². The van der Waals surface area contributed by atoms with Crippen LogP contribution in [0.15, 0.2) is 166 Å². The number of hydrogen-bond acceptors (Lipinski definition) is 10.